The minimum atomic E-state index is 0.0573. The van der Waals surface area contributed by atoms with Gasteiger partial charge in [-0.2, -0.15) is 0 Å². The number of H-pyrrole nitrogens is 1. The Morgan fingerprint density at radius 3 is 3.00 bits per heavy atom. The van der Waals surface area contributed by atoms with E-state index < -0.39 is 0 Å². The largest absolute Gasteiger partial charge is 0.376 e. The highest BCUT2D eigenvalue weighted by molar-refractivity contribution is 5.98. The van der Waals surface area contributed by atoms with E-state index in [1.54, 1.807) is 0 Å². The third kappa shape index (κ3) is 2.95. The summed E-state index contributed by atoms with van der Waals surface area (Å²) in [6.45, 7) is 6.27. The highest BCUT2D eigenvalue weighted by Crippen LogP contribution is 2.19. The number of hydrogen-bond donors (Lipinski definition) is 1. The van der Waals surface area contributed by atoms with Crippen molar-refractivity contribution in [3.63, 3.8) is 0 Å². The van der Waals surface area contributed by atoms with E-state index in [-0.39, 0.29) is 12.0 Å². The zero-order chi connectivity index (χ0) is 14.8. The van der Waals surface area contributed by atoms with Gasteiger partial charge in [-0.05, 0) is 44.4 Å². The average molecular weight is 286 g/mol. The fourth-order valence-corrected chi connectivity index (χ4v) is 2.92. The van der Waals surface area contributed by atoms with Crippen molar-refractivity contribution in [2.45, 2.75) is 32.8 Å². The molecule has 112 valence electrons. The quantitative estimate of drug-likeness (QED) is 0.938. The number of aryl methyl sites for hydroxylation is 1. The van der Waals surface area contributed by atoms with Gasteiger partial charge >= 0.3 is 0 Å². The van der Waals surface area contributed by atoms with Gasteiger partial charge in [-0.15, -0.1) is 0 Å². The van der Waals surface area contributed by atoms with Crippen LogP contribution in [0.15, 0.2) is 24.3 Å². The first kappa shape index (κ1) is 14.1. The lowest BCUT2D eigenvalue weighted by Gasteiger charge is -2.23. The molecule has 1 aliphatic rings. The molecule has 0 radical (unpaired) electrons. The first-order chi connectivity index (χ1) is 10.2. The minimum Gasteiger partial charge on any atom is -0.376 e. The Morgan fingerprint density at radius 1 is 1.43 bits per heavy atom. The Hall–Kier alpha value is -1.81. The number of fused-ring (bicyclic) bond motifs is 1. The molecule has 1 atom stereocenters. The van der Waals surface area contributed by atoms with Gasteiger partial charge in [0.1, 0.15) is 5.69 Å². The maximum atomic E-state index is 12.7. The summed E-state index contributed by atoms with van der Waals surface area (Å²) in [5.74, 6) is 0.0573. The van der Waals surface area contributed by atoms with Crippen molar-refractivity contribution in [1.82, 2.24) is 9.88 Å². The summed E-state index contributed by atoms with van der Waals surface area (Å²) < 4.78 is 5.64. The molecule has 1 aliphatic heterocycles. The van der Waals surface area contributed by atoms with Gasteiger partial charge in [-0.25, -0.2) is 0 Å². The van der Waals surface area contributed by atoms with Crippen LogP contribution < -0.4 is 0 Å². The Kier molecular flexibility index (Phi) is 3.97. The molecule has 3 rings (SSSR count). The van der Waals surface area contributed by atoms with E-state index in [4.69, 9.17) is 4.74 Å². The normalized spacial score (nSPS) is 18.3. The summed E-state index contributed by atoms with van der Waals surface area (Å²) >= 11 is 0. The van der Waals surface area contributed by atoms with E-state index in [9.17, 15) is 4.79 Å². The highest BCUT2D eigenvalue weighted by atomic mass is 16.5. The number of aromatic nitrogens is 1. The molecule has 1 unspecified atom stereocenters. The van der Waals surface area contributed by atoms with Crippen LogP contribution >= 0.6 is 0 Å². The van der Waals surface area contributed by atoms with Crippen molar-refractivity contribution in [3.8, 4) is 0 Å². The zero-order valence-corrected chi connectivity index (χ0v) is 12.7. The zero-order valence-electron chi connectivity index (χ0n) is 12.7. The van der Waals surface area contributed by atoms with Crippen molar-refractivity contribution >= 4 is 16.8 Å². The van der Waals surface area contributed by atoms with Crippen LogP contribution in [-0.2, 0) is 4.74 Å². The number of likely N-dealkylation sites (N-methyl/N-ethyl adjacent to an activating group) is 1. The van der Waals surface area contributed by atoms with Gasteiger partial charge in [0.15, 0.2) is 0 Å². The van der Waals surface area contributed by atoms with E-state index in [1.807, 2.05) is 24.0 Å². The maximum Gasteiger partial charge on any atom is 0.270 e. The predicted molar refractivity (Wildman–Crippen MR) is 83.6 cm³/mol. The van der Waals surface area contributed by atoms with Gasteiger partial charge in [-0.3, -0.25) is 4.79 Å². The molecule has 1 N–H and O–H groups in total. The molecular weight excluding hydrogens is 264 g/mol. The van der Waals surface area contributed by atoms with Crippen LogP contribution in [0.2, 0.25) is 0 Å². The maximum absolute atomic E-state index is 12.7. The van der Waals surface area contributed by atoms with Gasteiger partial charge in [0, 0.05) is 30.6 Å². The lowest BCUT2D eigenvalue weighted by atomic mass is 10.2. The Balaban J connectivity index is 1.80. The van der Waals surface area contributed by atoms with Crippen molar-refractivity contribution in [1.29, 1.82) is 0 Å². The Morgan fingerprint density at radius 2 is 2.29 bits per heavy atom. The van der Waals surface area contributed by atoms with Crippen LogP contribution in [0.5, 0.6) is 0 Å². The van der Waals surface area contributed by atoms with Crippen LogP contribution in [0, 0.1) is 6.92 Å². The topological polar surface area (TPSA) is 45.3 Å². The molecule has 1 saturated heterocycles. The molecule has 1 aromatic heterocycles. The molecule has 0 saturated carbocycles. The van der Waals surface area contributed by atoms with Crippen LogP contribution in [0.25, 0.3) is 10.9 Å². The lowest BCUT2D eigenvalue weighted by molar-refractivity contribution is 0.0535. The second-order valence-corrected chi connectivity index (χ2v) is 5.75. The molecule has 2 aromatic rings. The number of carbonyl (C=O) groups is 1. The van der Waals surface area contributed by atoms with Gasteiger partial charge in [0.2, 0.25) is 0 Å². The number of hydrogen-bond acceptors (Lipinski definition) is 2. The van der Waals surface area contributed by atoms with Crippen LogP contribution in [0.4, 0.5) is 0 Å². The number of aromatic amines is 1. The molecule has 4 heteroatoms. The van der Waals surface area contributed by atoms with E-state index >= 15 is 0 Å². The molecule has 0 spiro atoms. The molecule has 0 aliphatic carbocycles. The van der Waals surface area contributed by atoms with E-state index in [1.165, 1.54) is 5.56 Å². The van der Waals surface area contributed by atoms with Crippen molar-refractivity contribution in [2.75, 3.05) is 19.7 Å². The second kappa shape index (κ2) is 5.90. The summed E-state index contributed by atoms with van der Waals surface area (Å²) in [6, 6.07) is 8.13. The van der Waals surface area contributed by atoms with Crippen LogP contribution in [0.1, 0.15) is 35.8 Å². The minimum absolute atomic E-state index is 0.0573. The average Bonchev–Trinajstić information content (AvgIpc) is 3.12. The van der Waals surface area contributed by atoms with Crippen molar-refractivity contribution in [2.24, 2.45) is 0 Å². The summed E-state index contributed by atoms with van der Waals surface area (Å²) in [6.07, 6.45) is 2.35. The molecular formula is C17H22N2O2. The van der Waals surface area contributed by atoms with E-state index in [0.29, 0.717) is 18.8 Å². The van der Waals surface area contributed by atoms with E-state index in [0.717, 1.165) is 30.4 Å². The Bertz CT molecular complexity index is 641. The smallest absolute Gasteiger partial charge is 0.270 e. The SMILES string of the molecule is CCN(CC1CCCO1)C(=O)c1cc2ccc(C)cc2[nH]1. The molecule has 1 amide bonds. The summed E-state index contributed by atoms with van der Waals surface area (Å²) in [4.78, 5) is 17.8. The molecule has 4 nitrogen and oxygen atoms in total. The number of nitrogens with zero attached hydrogens (tertiary/aromatic N) is 1. The second-order valence-electron chi connectivity index (χ2n) is 5.75. The molecule has 1 aromatic carbocycles. The fourth-order valence-electron chi connectivity index (χ4n) is 2.92. The lowest BCUT2D eigenvalue weighted by Crippen LogP contribution is -2.37. The highest BCUT2D eigenvalue weighted by Gasteiger charge is 2.23. The summed E-state index contributed by atoms with van der Waals surface area (Å²) in [5, 5.41) is 1.08. The fraction of sp³-hybridized carbons (Fsp3) is 0.471. The van der Waals surface area contributed by atoms with Crippen molar-refractivity contribution < 1.29 is 9.53 Å². The molecule has 1 fully saturated rings. The number of carbonyl (C=O) groups excluding carboxylic acids is 1. The first-order valence-electron chi connectivity index (χ1n) is 7.67. The number of nitrogens with one attached hydrogen (secondary N) is 1. The standard InChI is InChI=1S/C17H22N2O2/c1-3-19(11-14-5-4-8-21-14)17(20)16-10-13-7-6-12(2)9-15(13)18-16/h6-7,9-10,14,18H,3-5,8,11H2,1-2H3. The number of benzene rings is 1. The van der Waals surface area contributed by atoms with Gasteiger partial charge in [0.25, 0.3) is 5.91 Å². The summed E-state index contributed by atoms with van der Waals surface area (Å²) in [5.41, 5.74) is 2.87. The number of amides is 1. The monoisotopic (exact) mass is 286 g/mol. The third-order valence-corrected chi connectivity index (χ3v) is 4.13. The van der Waals surface area contributed by atoms with Crippen LogP contribution in [-0.4, -0.2) is 41.6 Å². The predicted octanol–water partition coefficient (Wildman–Crippen LogP) is 3.12. The number of ether oxygens (including phenoxy) is 1. The molecule has 0 bridgehead atoms. The van der Waals surface area contributed by atoms with E-state index in [2.05, 4.69) is 24.0 Å². The third-order valence-electron chi connectivity index (χ3n) is 4.13. The van der Waals surface area contributed by atoms with Gasteiger partial charge in [0.05, 0.1) is 6.10 Å². The number of rotatable bonds is 4. The Labute approximate surface area is 125 Å². The molecule has 2 heterocycles. The van der Waals surface area contributed by atoms with Crippen molar-refractivity contribution in [3.05, 3.63) is 35.5 Å². The first-order valence-corrected chi connectivity index (χ1v) is 7.67. The summed E-state index contributed by atoms with van der Waals surface area (Å²) in [7, 11) is 0. The van der Waals surface area contributed by atoms with Gasteiger partial charge in [-0.1, -0.05) is 12.1 Å². The van der Waals surface area contributed by atoms with Crippen LogP contribution in [0.3, 0.4) is 0 Å². The van der Waals surface area contributed by atoms with Gasteiger partial charge < -0.3 is 14.6 Å². The molecule has 21 heavy (non-hydrogen) atoms.